The number of hydrogen-bond acceptors (Lipinski definition) is 6. The Morgan fingerprint density at radius 1 is 1.62 bits per heavy atom. The molecule has 1 aliphatic carbocycles. The quantitative estimate of drug-likeness (QED) is 0.807. The number of aromatic amines is 1. The van der Waals surface area contributed by atoms with Gasteiger partial charge in [-0.15, -0.1) is 5.10 Å². The van der Waals surface area contributed by atoms with Crippen molar-refractivity contribution in [3.05, 3.63) is 22.2 Å². The third-order valence-electron chi connectivity index (χ3n) is 3.11. The SMILES string of the molecule is Cc1cc(NC(=O)C(C)Sc2n[nH]c(=O)n2C2CC2)on1. The van der Waals surface area contributed by atoms with Gasteiger partial charge in [-0.1, -0.05) is 16.9 Å². The molecule has 112 valence electrons. The highest BCUT2D eigenvalue weighted by Crippen LogP contribution is 2.36. The van der Waals surface area contributed by atoms with E-state index in [0.717, 1.165) is 12.8 Å². The zero-order chi connectivity index (χ0) is 15.0. The number of nitrogens with one attached hydrogen (secondary N) is 2. The van der Waals surface area contributed by atoms with E-state index in [9.17, 15) is 9.59 Å². The maximum Gasteiger partial charge on any atom is 0.344 e. The number of anilines is 1. The van der Waals surface area contributed by atoms with Crippen LogP contribution in [0.3, 0.4) is 0 Å². The smallest absolute Gasteiger partial charge is 0.338 e. The molecule has 1 unspecified atom stereocenters. The predicted octanol–water partition coefficient (Wildman–Crippen LogP) is 1.32. The normalized spacial score (nSPS) is 15.9. The molecule has 0 saturated heterocycles. The van der Waals surface area contributed by atoms with Crippen LogP contribution < -0.4 is 11.0 Å². The summed E-state index contributed by atoms with van der Waals surface area (Å²) in [6.07, 6.45) is 1.95. The summed E-state index contributed by atoms with van der Waals surface area (Å²) in [5.41, 5.74) is 0.471. The van der Waals surface area contributed by atoms with Crippen molar-refractivity contribution in [2.75, 3.05) is 5.32 Å². The van der Waals surface area contributed by atoms with Crippen LogP contribution in [0.5, 0.6) is 0 Å². The molecule has 21 heavy (non-hydrogen) atoms. The van der Waals surface area contributed by atoms with E-state index in [4.69, 9.17) is 4.52 Å². The van der Waals surface area contributed by atoms with Gasteiger partial charge in [0, 0.05) is 12.1 Å². The fraction of sp³-hybridized carbons (Fsp3) is 0.500. The van der Waals surface area contributed by atoms with E-state index in [1.807, 2.05) is 0 Å². The maximum absolute atomic E-state index is 12.1. The highest BCUT2D eigenvalue weighted by Gasteiger charge is 2.30. The van der Waals surface area contributed by atoms with Crippen LogP contribution in [0.2, 0.25) is 0 Å². The Hall–Kier alpha value is -2.03. The van der Waals surface area contributed by atoms with Crippen LogP contribution in [0.4, 0.5) is 5.88 Å². The van der Waals surface area contributed by atoms with Crippen molar-refractivity contribution in [1.29, 1.82) is 0 Å². The van der Waals surface area contributed by atoms with Crippen molar-refractivity contribution in [1.82, 2.24) is 19.9 Å². The lowest BCUT2D eigenvalue weighted by atomic mass is 10.4. The van der Waals surface area contributed by atoms with Gasteiger partial charge in [0.05, 0.1) is 10.9 Å². The third-order valence-corrected chi connectivity index (χ3v) is 4.18. The number of thioether (sulfide) groups is 1. The Bertz CT molecular complexity index is 715. The van der Waals surface area contributed by atoms with E-state index < -0.39 is 5.25 Å². The van der Waals surface area contributed by atoms with Crippen LogP contribution in [-0.2, 0) is 4.79 Å². The molecule has 9 heteroatoms. The molecule has 1 atom stereocenters. The number of carbonyl (C=O) groups is 1. The highest BCUT2D eigenvalue weighted by atomic mass is 32.2. The van der Waals surface area contributed by atoms with Crippen molar-refractivity contribution in [3.8, 4) is 0 Å². The van der Waals surface area contributed by atoms with E-state index in [1.54, 1.807) is 24.5 Å². The van der Waals surface area contributed by atoms with Crippen molar-refractivity contribution in [2.24, 2.45) is 0 Å². The Balaban J connectivity index is 1.67. The lowest BCUT2D eigenvalue weighted by Crippen LogP contribution is -2.23. The number of rotatable bonds is 5. The first-order valence-electron chi connectivity index (χ1n) is 6.62. The second kappa shape index (κ2) is 5.40. The van der Waals surface area contributed by atoms with E-state index in [0.29, 0.717) is 16.7 Å². The van der Waals surface area contributed by atoms with Crippen molar-refractivity contribution in [2.45, 2.75) is 43.1 Å². The standard InChI is InChI=1S/C12H15N5O3S/c1-6-5-9(20-16-6)13-10(18)7(2)21-12-15-14-11(19)17(12)8-3-4-8/h5,7-8H,3-4H2,1-2H3,(H,13,18)(H,14,19). The molecule has 1 amide bonds. The van der Waals surface area contributed by atoms with Crippen LogP contribution in [-0.4, -0.2) is 31.1 Å². The van der Waals surface area contributed by atoms with Crippen LogP contribution in [0, 0.1) is 6.92 Å². The van der Waals surface area contributed by atoms with Gasteiger partial charge in [0.1, 0.15) is 0 Å². The van der Waals surface area contributed by atoms with E-state index in [2.05, 4.69) is 20.7 Å². The topological polar surface area (TPSA) is 106 Å². The lowest BCUT2D eigenvalue weighted by Gasteiger charge is -2.10. The van der Waals surface area contributed by atoms with Gasteiger partial charge in [-0.05, 0) is 26.7 Å². The summed E-state index contributed by atoms with van der Waals surface area (Å²) in [6, 6.07) is 1.86. The van der Waals surface area contributed by atoms with Gasteiger partial charge in [-0.2, -0.15) is 0 Å². The predicted molar refractivity (Wildman–Crippen MR) is 76.3 cm³/mol. The molecule has 0 spiro atoms. The monoisotopic (exact) mass is 309 g/mol. The van der Waals surface area contributed by atoms with Gasteiger partial charge < -0.3 is 4.52 Å². The van der Waals surface area contributed by atoms with E-state index in [-0.39, 0.29) is 17.6 Å². The molecule has 1 saturated carbocycles. The number of nitrogens with zero attached hydrogens (tertiary/aromatic N) is 3. The minimum Gasteiger partial charge on any atom is -0.338 e. The largest absolute Gasteiger partial charge is 0.344 e. The summed E-state index contributed by atoms with van der Waals surface area (Å²) in [4.78, 5) is 23.8. The molecule has 0 aliphatic heterocycles. The molecule has 2 N–H and O–H groups in total. The molecular weight excluding hydrogens is 294 g/mol. The summed E-state index contributed by atoms with van der Waals surface area (Å²) >= 11 is 1.24. The first-order chi connectivity index (χ1) is 10.0. The fourth-order valence-electron chi connectivity index (χ4n) is 1.89. The second-order valence-electron chi connectivity index (χ2n) is 4.99. The van der Waals surface area contributed by atoms with Gasteiger partial charge in [-0.3, -0.25) is 14.7 Å². The number of carbonyl (C=O) groups excluding carboxylic acids is 1. The van der Waals surface area contributed by atoms with E-state index in [1.165, 1.54) is 11.8 Å². The molecule has 2 aromatic rings. The Morgan fingerprint density at radius 2 is 2.38 bits per heavy atom. The first kappa shape index (κ1) is 13.9. The molecule has 3 rings (SSSR count). The average molecular weight is 309 g/mol. The van der Waals surface area contributed by atoms with Crippen LogP contribution in [0.25, 0.3) is 0 Å². The molecule has 2 heterocycles. The summed E-state index contributed by atoms with van der Waals surface area (Å²) < 4.78 is 6.56. The van der Waals surface area contributed by atoms with E-state index >= 15 is 0 Å². The number of aromatic nitrogens is 4. The second-order valence-corrected chi connectivity index (χ2v) is 6.30. The highest BCUT2D eigenvalue weighted by molar-refractivity contribution is 8.00. The minimum absolute atomic E-state index is 0.214. The van der Waals surface area contributed by atoms with Gasteiger partial charge >= 0.3 is 5.69 Å². The molecule has 0 aromatic carbocycles. The van der Waals surface area contributed by atoms with Crippen LogP contribution in [0.1, 0.15) is 31.5 Å². The zero-order valence-corrected chi connectivity index (χ0v) is 12.4. The molecule has 0 bridgehead atoms. The molecule has 8 nitrogen and oxygen atoms in total. The summed E-state index contributed by atoms with van der Waals surface area (Å²) in [7, 11) is 0. The Morgan fingerprint density at radius 3 is 3.00 bits per heavy atom. The number of hydrogen-bond donors (Lipinski definition) is 2. The van der Waals surface area contributed by atoms with Crippen molar-refractivity contribution < 1.29 is 9.32 Å². The molecule has 1 fully saturated rings. The van der Waals surface area contributed by atoms with Crippen molar-refractivity contribution >= 4 is 23.6 Å². The summed E-state index contributed by atoms with van der Waals surface area (Å²) in [6.45, 7) is 3.52. The number of aryl methyl sites for hydroxylation is 1. The number of amides is 1. The maximum atomic E-state index is 12.1. The third kappa shape index (κ3) is 3.02. The van der Waals surface area contributed by atoms with Gasteiger partial charge in [0.2, 0.25) is 11.8 Å². The molecule has 2 aromatic heterocycles. The molecule has 0 radical (unpaired) electrons. The first-order valence-corrected chi connectivity index (χ1v) is 7.50. The Kier molecular flexibility index (Phi) is 3.58. The van der Waals surface area contributed by atoms with Gasteiger partial charge in [0.25, 0.3) is 0 Å². The average Bonchev–Trinajstić information content (AvgIpc) is 3.09. The molecule has 1 aliphatic rings. The van der Waals surface area contributed by atoms with Crippen LogP contribution >= 0.6 is 11.8 Å². The number of H-pyrrole nitrogens is 1. The summed E-state index contributed by atoms with van der Waals surface area (Å²) in [5.74, 6) is 0.0838. The zero-order valence-electron chi connectivity index (χ0n) is 11.6. The lowest BCUT2D eigenvalue weighted by molar-refractivity contribution is -0.115. The molecular formula is C12H15N5O3S. The fourth-order valence-corrected chi connectivity index (χ4v) is 2.81. The van der Waals surface area contributed by atoms with Crippen LogP contribution in [0.15, 0.2) is 20.5 Å². The Labute approximate surface area is 124 Å². The summed E-state index contributed by atoms with van der Waals surface area (Å²) in [5, 5.41) is 12.9. The van der Waals surface area contributed by atoms with Crippen molar-refractivity contribution in [3.63, 3.8) is 0 Å². The van der Waals surface area contributed by atoms with Gasteiger partial charge in [-0.25, -0.2) is 9.89 Å². The van der Waals surface area contributed by atoms with Gasteiger partial charge in [0.15, 0.2) is 5.16 Å². The minimum atomic E-state index is -0.414.